The third-order valence-electron chi connectivity index (χ3n) is 6.42. The van der Waals surface area contributed by atoms with Crippen molar-refractivity contribution in [2.45, 2.75) is 44.0 Å². The minimum absolute atomic E-state index is 0.0300. The molecule has 2 aliphatic rings. The lowest BCUT2D eigenvalue weighted by molar-refractivity contribution is -0.126. The van der Waals surface area contributed by atoms with Gasteiger partial charge < -0.3 is 10.2 Å². The SMILES string of the molecule is CCC(=O)N1CCc2cc(Br)c(S(=O)(=O)N3CCC[C@@H](C(=O)NCc4ccccc4Cl)C3)cc21. The first kappa shape index (κ1) is 25.2. The summed E-state index contributed by atoms with van der Waals surface area (Å²) in [7, 11) is -3.86. The van der Waals surface area contributed by atoms with E-state index >= 15 is 0 Å². The monoisotopic (exact) mass is 567 g/mol. The highest BCUT2D eigenvalue weighted by Gasteiger charge is 2.36. The molecule has 1 saturated heterocycles. The Morgan fingerprint density at radius 1 is 1.21 bits per heavy atom. The maximum absolute atomic E-state index is 13.6. The second kappa shape index (κ2) is 10.4. The van der Waals surface area contributed by atoms with E-state index in [0.717, 1.165) is 11.1 Å². The number of hydrogen-bond acceptors (Lipinski definition) is 4. The molecule has 2 amide bonds. The Hall–Kier alpha value is -1.94. The molecule has 1 atom stereocenters. The second-order valence-corrected chi connectivity index (χ2v) is 11.7. The summed E-state index contributed by atoms with van der Waals surface area (Å²) in [5.74, 6) is -0.664. The van der Waals surface area contributed by atoms with Crippen LogP contribution in [0.15, 0.2) is 45.8 Å². The van der Waals surface area contributed by atoms with Gasteiger partial charge in [0, 0.05) is 47.8 Å². The molecule has 0 unspecified atom stereocenters. The number of fused-ring (bicyclic) bond motifs is 1. The third-order valence-corrected chi connectivity index (χ3v) is 9.61. The van der Waals surface area contributed by atoms with Crippen LogP contribution in [0.2, 0.25) is 5.02 Å². The van der Waals surface area contributed by atoms with E-state index in [9.17, 15) is 18.0 Å². The maximum atomic E-state index is 13.6. The van der Waals surface area contributed by atoms with Crippen LogP contribution in [-0.4, -0.2) is 44.2 Å². The number of amides is 2. The lowest BCUT2D eigenvalue weighted by Gasteiger charge is -2.31. The summed E-state index contributed by atoms with van der Waals surface area (Å²) in [6.45, 7) is 3.09. The van der Waals surface area contributed by atoms with Crippen molar-refractivity contribution in [3.05, 3.63) is 57.0 Å². The third kappa shape index (κ3) is 5.03. The number of anilines is 1. The van der Waals surface area contributed by atoms with Crippen LogP contribution in [0.3, 0.4) is 0 Å². The average molecular weight is 569 g/mol. The molecule has 2 aliphatic heterocycles. The maximum Gasteiger partial charge on any atom is 0.244 e. The molecule has 0 aliphatic carbocycles. The zero-order chi connectivity index (χ0) is 24.5. The lowest BCUT2D eigenvalue weighted by atomic mass is 9.99. The number of halogens is 2. The fourth-order valence-corrected chi connectivity index (χ4v) is 7.31. The summed E-state index contributed by atoms with van der Waals surface area (Å²) < 4.78 is 29.0. The Labute approximate surface area is 213 Å². The van der Waals surface area contributed by atoms with Crippen LogP contribution < -0.4 is 10.2 Å². The Bertz CT molecular complexity index is 1220. The highest BCUT2D eigenvalue weighted by molar-refractivity contribution is 9.10. The minimum Gasteiger partial charge on any atom is -0.352 e. The molecule has 2 aromatic carbocycles. The van der Waals surface area contributed by atoms with Gasteiger partial charge >= 0.3 is 0 Å². The molecule has 2 aromatic rings. The van der Waals surface area contributed by atoms with Crippen molar-refractivity contribution in [2.24, 2.45) is 5.92 Å². The van der Waals surface area contributed by atoms with Crippen molar-refractivity contribution in [3.63, 3.8) is 0 Å². The molecule has 0 aromatic heterocycles. The van der Waals surface area contributed by atoms with Gasteiger partial charge in [-0.25, -0.2) is 8.42 Å². The molecular weight excluding hydrogens is 542 g/mol. The molecule has 1 N–H and O–H groups in total. The van der Waals surface area contributed by atoms with Crippen LogP contribution in [0.4, 0.5) is 5.69 Å². The number of nitrogens with one attached hydrogen (secondary N) is 1. The Kier molecular flexibility index (Phi) is 7.66. The van der Waals surface area contributed by atoms with Gasteiger partial charge in [0.15, 0.2) is 0 Å². The van der Waals surface area contributed by atoms with Gasteiger partial charge in [-0.05, 0) is 64.5 Å². The molecule has 7 nitrogen and oxygen atoms in total. The largest absolute Gasteiger partial charge is 0.352 e. The summed E-state index contributed by atoms with van der Waals surface area (Å²) in [4.78, 5) is 26.9. The van der Waals surface area contributed by atoms with Gasteiger partial charge in [0.05, 0.1) is 10.8 Å². The predicted octanol–water partition coefficient (Wildman–Crippen LogP) is 4.12. The molecule has 0 radical (unpaired) electrons. The summed E-state index contributed by atoms with van der Waals surface area (Å²) >= 11 is 9.60. The normalized spacial score (nSPS) is 18.6. The van der Waals surface area contributed by atoms with Crippen molar-refractivity contribution < 1.29 is 18.0 Å². The van der Waals surface area contributed by atoms with Crippen LogP contribution in [-0.2, 0) is 32.6 Å². The topological polar surface area (TPSA) is 86.8 Å². The summed E-state index contributed by atoms with van der Waals surface area (Å²) in [6, 6.07) is 10.7. The van der Waals surface area contributed by atoms with Crippen LogP contribution in [0, 0.1) is 5.92 Å². The molecule has 10 heteroatoms. The van der Waals surface area contributed by atoms with E-state index in [1.165, 1.54) is 4.31 Å². The molecule has 0 bridgehead atoms. The number of nitrogens with zero attached hydrogens (tertiary/aromatic N) is 2. The highest BCUT2D eigenvalue weighted by atomic mass is 79.9. The fourth-order valence-electron chi connectivity index (χ4n) is 4.52. The molecule has 0 saturated carbocycles. The van der Waals surface area contributed by atoms with Crippen molar-refractivity contribution in [2.75, 3.05) is 24.5 Å². The van der Waals surface area contributed by atoms with Crippen molar-refractivity contribution in [1.29, 1.82) is 0 Å². The Morgan fingerprint density at radius 2 is 1.97 bits per heavy atom. The van der Waals surface area contributed by atoms with Crippen LogP contribution in [0.5, 0.6) is 0 Å². The van der Waals surface area contributed by atoms with Gasteiger partial charge in [-0.3, -0.25) is 9.59 Å². The molecule has 2 heterocycles. The summed E-state index contributed by atoms with van der Waals surface area (Å²) in [6.07, 6.45) is 2.25. The van der Waals surface area contributed by atoms with E-state index in [1.807, 2.05) is 18.2 Å². The molecular formula is C24H27BrClN3O4S. The fraction of sp³-hybridized carbons (Fsp3) is 0.417. The number of rotatable bonds is 6. The van der Waals surface area contributed by atoms with E-state index < -0.39 is 15.9 Å². The molecule has 0 spiro atoms. The second-order valence-electron chi connectivity index (χ2n) is 8.57. The number of hydrogen-bond donors (Lipinski definition) is 1. The average Bonchev–Trinajstić information content (AvgIpc) is 3.25. The van der Waals surface area contributed by atoms with E-state index in [0.29, 0.717) is 60.5 Å². The number of carbonyl (C=O) groups is 2. The number of piperidine rings is 1. The van der Waals surface area contributed by atoms with E-state index in [2.05, 4.69) is 21.2 Å². The van der Waals surface area contributed by atoms with E-state index in [4.69, 9.17) is 11.6 Å². The van der Waals surface area contributed by atoms with Crippen molar-refractivity contribution in [3.8, 4) is 0 Å². The molecule has 4 rings (SSSR count). The van der Waals surface area contributed by atoms with Crippen LogP contribution in [0.25, 0.3) is 0 Å². The van der Waals surface area contributed by atoms with Gasteiger partial charge in [-0.1, -0.05) is 36.7 Å². The lowest BCUT2D eigenvalue weighted by Crippen LogP contribution is -2.45. The van der Waals surface area contributed by atoms with Crippen LogP contribution >= 0.6 is 27.5 Å². The molecule has 34 heavy (non-hydrogen) atoms. The first-order valence-corrected chi connectivity index (χ1v) is 14.0. The quantitative estimate of drug-likeness (QED) is 0.568. The van der Waals surface area contributed by atoms with Crippen molar-refractivity contribution >= 4 is 55.1 Å². The zero-order valence-corrected chi connectivity index (χ0v) is 22.0. The van der Waals surface area contributed by atoms with E-state index in [1.54, 1.807) is 30.0 Å². The first-order valence-electron chi connectivity index (χ1n) is 11.4. The zero-order valence-electron chi connectivity index (χ0n) is 18.9. The van der Waals surface area contributed by atoms with Gasteiger partial charge in [0.1, 0.15) is 0 Å². The van der Waals surface area contributed by atoms with E-state index in [-0.39, 0.29) is 23.3 Å². The van der Waals surface area contributed by atoms with Gasteiger partial charge in [0.2, 0.25) is 21.8 Å². The van der Waals surface area contributed by atoms with Gasteiger partial charge in [0.25, 0.3) is 0 Å². The minimum atomic E-state index is -3.86. The first-order chi connectivity index (χ1) is 16.2. The smallest absolute Gasteiger partial charge is 0.244 e. The predicted molar refractivity (Wildman–Crippen MR) is 135 cm³/mol. The standard InChI is InChI=1S/C24H27BrClN3O4S/c1-2-23(30)29-11-9-16-12-19(25)22(13-21(16)29)34(32,33)28-10-5-7-18(15-28)24(31)27-14-17-6-3-4-8-20(17)26/h3-4,6,8,12-13,18H,2,5,7,9-11,14-15H2,1H3,(H,27,31)/t18-/m1/s1. The molecule has 1 fully saturated rings. The van der Waals surface area contributed by atoms with Gasteiger partial charge in [-0.2, -0.15) is 4.31 Å². The summed E-state index contributed by atoms with van der Waals surface area (Å²) in [5, 5.41) is 3.47. The number of carbonyl (C=O) groups excluding carboxylic acids is 2. The summed E-state index contributed by atoms with van der Waals surface area (Å²) in [5.41, 5.74) is 2.41. The van der Waals surface area contributed by atoms with Crippen LogP contribution in [0.1, 0.15) is 37.3 Å². The Balaban J connectivity index is 1.51. The van der Waals surface area contributed by atoms with Gasteiger partial charge in [-0.15, -0.1) is 0 Å². The number of benzene rings is 2. The highest BCUT2D eigenvalue weighted by Crippen LogP contribution is 2.37. The van der Waals surface area contributed by atoms with Crippen molar-refractivity contribution in [1.82, 2.24) is 9.62 Å². The number of sulfonamides is 1. The molecule has 182 valence electrons. The Morgan fingerprint density at radius 3 is 2.71 bits per heavy atom.